The zero-order chi connectivity index (χ0) is 15.8. The van der Waals surface area contributed by atoms with Gasteiger partial charge in [-0.2, -0.15) is 0 Å². The van der Waals surface area contributed by atoms with E-state index in [-0.39, 0.29) is 5.56 Å². The van der Waals surface area contributed by atoms with Crippen molar-refractivity contribution in [2.75, 3.05) is 18.0 Å². The van der Waals surface area contributed by atoms with Crippen LogP contribution in [0.25, 0.3) is 10.8 Å². The zero-order valence-corrected chi connectivity index (χ0v) is 13.0. The average molecular weight is 328 g/mol. The third-order valence-electron chi connectivity index (χ3n) is 4.21. The van der Waals surface area contributed by atoms with E-state index in [4.69, 9.17) is 11.6 Å². The Hall–Kier alpha value is -2.47. The van der Waals surface area contributed by atoms with Gasteiger partial charge >= 0.3 is 0 Å². The molecule has 0 saturated carbocycles. The fourth-order valence-electron chi connectivity index (χ4n) is 3.04. The van der Waals surface area contributed by atoms with Crippen molar-refractivity contribution in [3.8, 4) is 0 Å². The van der Waals surface area contributed by atoms with Crippen LogP contribution in [0.1, 0.15) is 11.3 Å². The monoisotopic (exact) mass is 327 g/mol. The number of anilines is 1. The van der Waals surface area contributed by atoms with Crippen molar-refractivity contribution in [3.05, 3.63) is 57.4 Å². The lowest BCUT2D eigenvalue weighted by Crippen LogP contribution is -2.27. The van der Waals surface area contributed by atoms with Crippen molar-refractivity contribution in [3.63, 3.8) is 0 Å². The summed E-state index contributed by atoms with van der Waals surface area (Å²) in [4.78, 5) is 21.1. The second kappa shape index (κ2) is 5.62. The number of benzene rings is 1. The van der Waals surface area contributed by atoms with Crippen molar-refractivity contribution in [2.24, 2.45) is 0 Å². The fraction of sp³-hybridized carbons (Fsp3) is 0.250. The van der Waals surface area contributed by atoms with Crippen LogP contribution >= 0.6 is 11.6 Å². The molecule has 0 atom stereocenters. The first-order valence-corrected chi connectivity index (χ1v) is 7.83. The molecule has 4 rings (SSSR count). The summed E-state index contributed by atoms with van der Waals surface area (Å²) in [6, 6.07) is 7.83. The Morgan fingerprint density at radius 3 is 2.74 bits per heavy atom. The number of halogens is 1. The number of hydrogen-bond acceptors (Lipinski definition) is 5. The van der Waals surface area contributed by atoms with Gasteiger partial charge in [0.15, 0.2) is 11.0 Å². The summed E-state index contributed by atoms with van der Waals surface area (Å²) >= 11 is 6.15. The molecule has 23 heavy (non-hydrogen) atoms. The van der Waals surface area contributed by atoms with E-state index in [9.17, 15) is 4.79 Å². The molecule has 0 aliphatic carbocycles. The second-order valence-electron chi connectivity index (χ2n) is 5.50. The lowest BCUT2D eigenvalue weighted by molar-refractivity contribution is 0.779. The number of nitrogens with zero attached hydrogens (tertiary/aromatic N) is 4. The van der Waals surface area contributed by atoms with E-state index in [0.717, 1.165) is 34.4 Å². The molecular formula is C16H14ClN5O. The van der Waals surface area contributed by atoms with Crippen LogP contribution in [-0.2, 0) is 12.8 Å². The Balaban J connectivity index is 1.75. The zero-order valence-electron chi connectivity index (χ0n) is 12.3. The number of rotatable bonds is 1. The summed E-state index contributed by atoms with van der Waals surface area (Å²) in [7, 11) is 0. The number of aromatic nitrogens is 4. The van der Waals surface area contributed by atoms with Crippen LogP contribution in [0.5, 0.6) is 0 Å². The first kappa shape index (κ1) is 14.1. The molecular weight excluding hydrogens is 314 g/mol. The maximum Gasteiger partial charge on any atom is 0.254 e. The van der Waals surface area contributed by atoms with E-state index in [0.29, 0.717) is 24.5 Å². The predicted octanol–water partition coefficient (Wildman–Crippen LogP) is 1.97. The number of fused-ring (bicyclic) bond motifs is 2. The van der Waals surface area contributed by atoms with Gasteiger partial charge in [-0.3, -0.25) is 4.79 Å². The van der Waals surface area contributed by atoms with Crippen LogP contribution in [0.15, 0.2) is 35.4 Å². The number of nitrogens with one attached hydrogen (secondary N) is 1. The van der Waals surface area contributed by atoms with E-state index in [1.807, 2.05) is 24.3 Å². The molecule has 7 heteroatoms. The highest BCUT2D eigenvalue weighted by atomic mass is 35.5. The highest BCUT2D eigenvalue weighted by Crippen LogP contribution is 2.29. The standard InChI is InChI=1S/C16H14ClN5O/c17-14-10-3-1-2-4-11(10)15(21-20-14)22-7-5-12-13(6-8-22)18-9-19-16(12)23/h1-4,9H,5-8H2,(H,18,19,23). The Bertz CT molecular complexity index is 939. The van der Waals surface area contributed by atoms with Crippen LogP contribution in [0.3, 0.4) is 0 Å². The summed E-state index contributed by atoms with van der Waals surface area (Å²) in [5.41, 5.74) is 1.58. The van der Waals surface area contributed by atoms with E-state index in [2.05, 4.69) is 25.1 Å². The summed E-state index contributed by atoms with van der Waals surface area (Å²) in [5.74, 6) is 0.800. The third kappa shape index (κ3) is 2.45. The minimum atomic E-state index is -0.0519. The smallest absolute Gasteiger partial charge is 0.254 e. The van der Waals surface area contributed by atoms with Crippen molar-refractivity contribution in [1.82, 2.24) is 20.2 Å². The Morgan fingerprint density at radius 1 is 1.09 bits per heavy atom. The topological polar surface area (TPSA) is 74.8 Å². The molecule has 116 valence electrons. The maximum atomic E-state index is 12.0. The Labute approximate surface area is 137 Å². The van der Waals surface area contributed by atoms with Crippen molar-refractivity contribution < 1.29 is 0 Å². The molecule has 0 spiro atoms. The van der Waals surface area contributed by atoms with Gasteiger partial charge in [-0.1, -0.05) is 35.9 Å². The summed E-state index contributed by atoms with van der Waals surface area (Å²) in [5, 5.41) is 10.6. The normalized spacial score (nSPS) is 14.6. The first-order chi connectivity index (χ1) is 11.2. The molecule has 2 aromatic heterocycles. The molecule has 1 aliphatic rings. The predicted molar refractivity (Wildman–Crippen MR) is 89.0 cm³/mol. The number of aromatic amines is 1. The molecule has 0 bridgehead atoms. The number of hydrogen-bond donors (Lipinski definition) is 1. The largest absolute Gasteiger partial charge is 0.354 e. The Morgan fingerprint density at radius 2 is 1.87 bits per heavy atom. The molecule has 3 aromatic rings. The maximum absolute atomic E-state index is 12.0. The van der Waals surface area contributed by atoms with Gasteiger partial charge in [0.2, 0.25) is 0 Å². The van der Waals surface area contributed by atoms with E-state index < -0.39 is 0 Å². The van der Waals surface area contributed by atoms with Crippen LogP contribution in [-0.4, -0.2) is 33.3 Å². The first-order valence-electron chi connectivity index (χ1n) is 7.45. The lowest BCUT2D eigenvalue weighted by atomic mass is 10.1. The molecule has 0 saturated heterocycles. The van der Waals surface area contributed by atoms with Crippen molar-refractivity contribution in [2.45, 2.75) is 12.8 Å². The molecule has 0 radical (unpaired) electrons. The van der Waals surface area contributed by atoms with E-state index in [1.54, 1.807) is 0 Å². The molecule has 0 amide bonds. The van der Waals surface area contributed by atoms with Gasteiger partial charge in [0.05, 0.1) is 12.0 Å². The lowest BCUT2D eigenvalue weighted by Gasteiger charge is -2.22. The molecule has 0 fully saturated rings. The summed E-state index contributed by atoms with van der Waals surface area (Å²) in [6.45, 7) is 1.44. The average Bonchev–Trinajstić information content (AvgIpc) is 2.79. The van der Waals surface area contributed by atoms with Gasteiger partial charge in [-0.05, 0) is 6.42 Å². The second-order valence-corrected chi connectivity index (χ2v) is 5.86. The molecule has 6 nitrogen and oxygen atoms in total. The number of H-pyrrole nitrogens is 1. The van der Waals surface area contributed by atoms with Crippen molar-refractivity contribution >= 4 is 28.2 Å². The molecule has 0 unspecified atom stereocenters. The van der Waals surface area contributed by atoms with Crippen molar-refractivity contribution in [1.29, 1.82) is 0 Å². The highest BCUT2D eigenvalue weighted by molar-refractivity contribution is 6.34. The summed E-state index contributed by atoms with van der Waals surface area (Å²) in [6.07, 6.45) is 2.81. The van der Waals surface area contributed by atoms with Gasteiger partial charge < -0.3 is 9.88 Å². The van der Waals surface area contributed by atoms with Crippen LogP contribution < -0.4 is 10.5 Å². The quantitative estimate of drug-likeness (QED) is 0.739. The highest BCUT2D eigenvalue weighted by Gasteiger charge is 2.20. The molecule has 1 N–H and O–H groups in total. The van der Waals surface area contributed by atoms with Crippen LogP contribution in [0.4, 0.5) is 5.82 Å². The van der Waals surface area contributed by atoms with E-state index >= 15 is 0 Å². The van der Waals surface area contributed by atoms with Crippen LogP contribution in [0, 0.1) is 0 Å². The molecule has 3 heterocycles. The summed E-state index contributed by atoms with van der Waals surface area (Å²) < 4.78 is 0. The van der Waals surface area contributed by atoms with E-state index in [1.165, 1.54) is 6.33 Å². The van der Waals surface area contributed by atoms with Gasteiger partial charge in [-0.15, -0.1) is 10.2 Å². The molecule has 1 aliphatic heterocycles. The Kier molecular flexibility index (Phi) is 3.46. The molecule has 1 aromatic carbocycles. The van der Waals surface area contributed by atoms with Gasteiger partial charge in [0.1, 0.15) is 0 Å². The van der Waals surface area contributed by atoms with Gasteiger partial charge in [0, 0.05) is 35.8 Å². The SMILES string of the molecule is O=c1[nH]cnc2c1CCN(c1nnc(Cl)c3ccccc13)CC2. The van der Waals surface area contributed by atoms with Gasteiger partial charge in [-0.25, -0.2) is 4.98 Å². The minimum absolute atomic E-state index is 0.0519. The van der Waals surface area contributed by atoms with Crippen LogP contribution in [0.2, 0.25) is 5.15 Å². The van der Waals surface area contributed by atoms with Gasteiger partial charge in [0.25, 0.3) is 5.56 Å². The fourth-order valence-corrected chi connectivity index (χ4v) is 3.24. The third-order valence-corrected chi connectivity index (χ3v) is 4.49. The minimum Gasteiger partial charge on any atom is -0.354 e.